The molecule has 1 saturated heterocycles. The first-order valence-corrected chi connectivity index (χ1v) is 10.6. The maximum absolute atomic E-state index is 9.71. The molecule has 4 N–H and O–H groups in total. The van der Waals surface area contributed by atoms with Crippen LogP contribution in [-0.2, 0) is 13.1 Å². The van der Waals surface area contributed by atoms with Crippen LogP contribution < -0.4 is 20.5 Å². The number of aliphatic hydroxyl groups excluding tert-OH is 1. The Morgan fingerprint density at radius 1 is 1.06 bits per heavy atom. The maximum Gasteiger partial charge on any atom is 0.193 e. The minimum Gasteiger partial charge on any atom is -0.490 e. The molecule has 8 heteroatoms. The van der Waals surface area contributed by atoms with Gasteiger partial charge in [0.2, 0.25) is 0 Å². The smallest absolute Gasteiger partial charge is 0.193 e. The van der Waals surface area contributed by atoms with E-state index in [0.717, 1.165) is 61.6 Å². The molecule has 168 valence electrons. The highest BCUT2D eigenvalue weighted by molar-refractivity contribution is 14.0. The number of nitrogens with two attached hydrogens (primary N) is 1. The van der Waals surface area contributed by atoms with E-state index < -0.39 is 0 Å². The van der Waals surface area contributed by atoms with Gasteiger partial charge in [-0.25, -0.2) is 4.99 Å². The number of nitrogens with one attached hydrogen (secondary N) is 1. The third kappa shape index (κ3) is 6.72. The Morgan fingerprint density at radius 3 is 2.55 bits per heavy atom. The van der Waals surface area contributed by atoms with Gasteiger partial charge in [-0.3, -0.25) is 4.90 Å². The molecule has 2 heterocycles. The van der Waals surface area contributed by atoms with Gasteiger partial charge in [0.05, 0.1) is 25.9 Å². The Bertz CT molecular complexity index is 885. The van der Waals surface area contributed by atoms with Crippen LogP contribution >= 0.6 is 24.0 Å². The summed E-state index contributed by atoms with van der Waals surface area (Å²) in [7, 11) is 0. The lowest BCUT2D eigenvalue weighted by atomic mass is 10.0. The number of benzene rings is 2. The number of ether oxygens (including phenoxy) is 2. The van der Waals surface area contributed by atoms with Crippen molar-refractivity contribution < 1.29 is 14.6 Å². The van der Waals surface area contributed by atoms with Gasteiger partial charge in [-0.1, -0.05) is 24.3 Å². The summed E-state index contributed by atoms with van der Waals surface area (Å²) in [6.07, 6.45) is 2.40. The molecule has 2 aromatic rings. The number of fused-ring (bicyclic) bond motifs is 1. The molecule has 0 unspecified atom stereocenters. The summed E-state index contributed by atoms with van der Waals surface area (Å²) >= 11 is 0. The van der Waals surface area contributed by atoms with E-state index in [1.165, 1.54) is 5.56 Å². The lowest BCUT2D eigenvalue weighted by Crippen LogP contribution is -2.35. The molecule has 0 amide bonds. The van der Waals surface area contributed by atoms with Gasteiger partial charge in [-0.15, -0.1) is 24.0 Å². The van der Waals surface area contributed by atoms with Gasteiger partial charge in [0.25, 0.3) is 0 Å². The molecule has 0 aliphatic carbocycles. The van der Waals surface area contributed by atoms with Crippen molar-refractivity contribution in [3.63, 3.8) is 0 Å². The quantitative estimate of drug-likeness (QED) is 0.307. The lowest BCUT2D eigenvalue weighted by molar-refractivity contribution is 0.0791. The van der Waals surface area contributed by atoms with Crippen molar-refractivity contribution >= 4 is 35.6 Å². The molecule has 2 aromatic carbocycles. The van der Waals surface area contributed by atoms with Crippen molar-refractivity contribution in [3.05, 3.63) is 53.6 Å². The molecule has 2 aliphatic rings. The van der Waals surface area contributed by atoms with Crippen molar-refractivity contribution in [3.8, 4) is 11.5 Å². The highest BCUT2D eigenvalue weighted by atomic mass is 127. The first-order valence-electron chi connectivity index (χ1n) is 10.6. The van der Waals surface area contributed by atoms with Crippen LogP contribution in [0, 0.1) is 0 Å². The van der Waals surface area contributed by atoms with Crippen molar-refractivity contribution in [2.75, 3.05) is 31.6 Å². The van der Waals surface area contributed by atoms with E-state index in [0.29, 0.717) is 25.7 Å². The second-order valence-corrected chi connectivity index (χ2v) is 7.81. The summed E-state index contributed by atoms with van der Waals surface area (Å²) in [5.74, 6) is 1.84. The molecule has 0 radical (unpaired) electrons. The van der Waals surface area contributed by atoms with Crippen LogP contribution in [0.2, 0.25) is 0 Å². The number of halogens is 1. The zero-order chi connectivity index (χ0) is 20.8. The average Bonchev–Trinajstić information content (AvgIpc) is 3.00. The van der Waals surface area contributed by atoms with E-state index in [-0.39, 0.29) is 30.1 Å². The van der Waals surface area contributed by atoms with E-state index in [1.807, 2.05) is 24.3 Å². The van der Waals surface area contributed by atoms with Crippen molar-refractivity contribution in [1.29, 1.82) is 0 Å². The van der Waals surface area contributed by atoms with E-state index in [2.05, 4.69) is 33.4 Å². The summed E-state index contributed by atoms with van der Waals surface area (Å²) in [5.41, 5.74) is 9.37. The van der Waals surface area contributed by atoms with Crippen LogP contribution in [0.5, 0.6) is 11.5 Å². The first-order chi connectivity index (χ1) is 14.7. The van der Waals surface area contributed by atoms with E-state index in [1.54, 1.807) is 0 Å². The second-order valence-electron chi connectivity index (χ2n) is 7.81. The molecule has 0 aromatic heterocycles. The SMILES string of the molecule is I.NC(=NCc1ccccc1CN1CCC(O)CC1)Nc1ccc2c(c1)OCCCO2. The summed E-state index contributed by atoms with van der Waals surface area (Å²) in [4.78, 5) is 6.92. The summed E-state index contributed by atoms with van der Waals surface area (Å²) < 4.78 is 11.4. The number of anilines is 1. The van der Waals surface area contributed by atoms with Gasteiger partial charge in [0.15, 0.2) is 17.5 Å². The first kappa shape index (κ1) is 23.6. The monoisotopic (exact) mass is 538 g/mol. The minimum atomic E-state index is -0.156. The fourth-order valence-electron chi connectivity index (χ4n) is 3.78. The molecule has 0 bridgehead atoms. The standard InChI is InChI=1S/C23H30N4O3.HI/c24-23(26-19-6-7-21-22(14-19)30-13-3-12-29-21)25-15-17-4-1-2-5-18(17)16-27-10-8-20(28)9-11-27;/h1-2,4-7,14,20,28H,3,8-13,15-16H2,(H3,24,25,26);1H. The highest BCUT2D eigenvalue weighted by Crippen LogP contribution is 2.32. The van der Waals surface area contributed by atoms with Gasteiger partial charge in [-0.2, -0.15) is 0 Å². The van der Waals surface area contributed by atoms with Crippen LogP contribution in [0.4, 0.5) is 5.69 Å². The Hall–Kier alpha value is -2.04. The average molecular weight is 538 g/mol. The van der Waals surface area contributed by atoms with Crippen molar-refractivity contribution in [1.82, 2.24) is 4.90 Å². The Morgan fingerprint density at radius 2 is 1.77 bits per heavy atom. The third-order valence-corrected chi connectivity index (χ3v) is 5.51. The normalized spacial score (nSPS) is 17.5. The van der Waals surface area contributed by atoms with Gasteiger partial charge < -0.3 is 25.6 Å². The van der Waals surface area contributed by atoms with E-state index in [4.69, 9.17) is 15.2 Å². The lowest BCUT2D eigenvalue weighted by Gasteiger charge is -2.30. The maximum atomic E-state index is 9.71. The second kappa shape index (κ2) is 11.5. The van der Waals surface area contributed by atoms with Gasteiger partial charge in [0.1, 0.15) is 0 Å². The molecule has 0 spiro atoms. The number of guanidine groups is 1. The highest BCUT2D eigenvalue weighted by Gasteiger charge is 2.17. The molecular weight excluding hydrogens is 507 g/mol. The zero-order valence-corrected chi connectivity index (χ0v) is 20.0. The van der Waals surface area contributed by atoms with Crippen molar-refractivity contribution in [2.45, 2.75) is 38.5 Å². The molecule has 0 saturated carbocycles. The number of hydrogen-bond donors (Lipinski definition) is 3. The van der Waals surface area contributed by atoms with Crippen LogP contribution in [0.1, 0.15) is 30.4 Å². The van der Waals surface area contributed by atoms with Gasteiger partial charge in [-0.05, 0) is 36.1 Å². The molecule has 1 fully saturated rings. The molecule has 7 nitrogen and oxygen atoms in total. The topological polar surface area (TPSA) is 92.3 Å². The Balaban J connectivity index is 0.00000272. The van der Waals surface area contributed by atoms with Crippen LogP contribution in [0.15, 0.2) is 47.5 Å². The Labute approximate surface area is 200 Å². The Kier molecular flexibility index (Phi) is 8.79. The number of piperidine rings is 1. The third-order valence-electron chi connectivity index (χ3n) is 5.51. The zero-order valence-electron chi connectivity index (χ0n) is 17.6. The fourth-order valence-corrected chi connectivity index (χ4v) is 3.78. The number of likely N-dealkylation sites (tertiary alicyclic amines) is 1. The number of aliphatic hydroxyl groups is 1. The number of hydrogen-bond acceptors (Lipinski definition) is 5. The van der Waals surface area contributed by atoms with Gasteiger partial charge in [0, 0.05) is 37.8 Å². The van der Waals surface area contributed by atoms with E-state index in [9.17, 15) is 5.11 Å². The van der Waals surface area contributed by atoms with E-state index >= 15 is 0 Å². The fraction of sp³-hybridized carbons (Fsp3) is 0.435. The molecule has 4 rings (SSSR count). The van der Waals surface area contributed by atoms with Gasteiger partial charge >= 0.3 is 0 Å². The summed E-state index contributed by atoms with van der Waals surface area (Å²) in [5, 5.41) is 12.9. The van der Waals surface area contributed by atoms with Crippen LogP contribution in [0.3, 0.4) is 0 Å². The molecule has 2 aliphatic heterocycles. The predicted molar refractivity (Wildman–Crippen MR) is 133 cm³/mol. The largest absolute Gasteiger partial charge is 0.490 e. The number of nitrogens with zero attached hydrogens (tertiary/aromatic N) is 2. The number of rotatable bonds is 5. The molecule has 31 heavy (non-hydrogen) atoms. The predicted octanol–water partition coefficient (Wildman–Crippen LogP) is 3.35. The van der Waals surface area contributed by atoms with Crippen LogP contribution in [-0.4, -0.2) is 48.4 Å². The summed E-state index contributed by atoms with van der Waals surface area (Å²) in [6.45, 7) is 4.54. The number of aliphatic imine (C=N–C) groups is 1. The van der Waals surface area contributed by atoms with Crippen LogP contribution in [0.25, 0.3) is 0 Å². The molecule has 0 atom stereocenters. The van der Waals surface area contributed by atoms with Crippen molar-refractivity contribution in [2.24, 2.45) is 10.7 Å². The minimum absolute atomic E-state index is 0. The molecular formula is C23H31IN4O3. The summed E-state index contributed by atoms with van der Waals surface area (Å²) in [6, 6.07) is 14.0.